The first-order valence-electron chi connectivity index (χ1n) is 12.7. The minimum absolute atomic E-state index is 0.0258. The maximum absolute atomic E-state index is 13.7. The molecule has 0 spiro atoms. The van der Waals surface area contributed by atoms with Gasteiger partial charge in [-0.05, 0) is 60.7 Å². The monoisotopic (exact) mass is 504 g/mol. The fourth-order valence-electron chi connectivity index (χ4n) is 4.27. The van der Waals surface area contributed by atoms with Gasteiger partial charge in [-0.25, -0.2) is 4.39 Å². The SMILES string of the molecule is CC[C@@H](C)NC(=O)[C@H](Cc1ccccc1)N(Cc1ccc(F)cc1)C(=O)CCc1ccc2c(c1)OCO2. The molecule has 3 aromatic rings. The molecule has 6 nitrogen and oxygen atoms in total. The zero-order chi connectivity index (χ0) is 26.2. The van der Waals surface area contributed by atoms with Crippen LogP contribution < -0.4 is 14.8 Å². The van der Waals surface area contributed by atoms with E-state index in [1.807, 2.05) is 62.4 Å². The van der Waals surface area contributed by atoms with Crippen LogP contribution in [-0.4, -0.2) is 35.6 Å². The molecular formula is C30H33FN2O4. The summed E-state index contributed by atoms with van der Waals surface area (Å²) in [6.45, 7) is 4.34. The first-order chi connectivity index (χ1) is 17.9. The lowest BCUT2D eigenvalue weighted by Gasteiger charge is -2.32. The topological polar surface area (TPSA) is 67.9 Å². The average Bonchev–Trinajstić information content (AvgIpc) is 3.39. The van der Waals surface area contributed by atoms with Crippen molar-refractivity contribution in [3.63, 3.8) is 0 Å². The van der Waals surface area contributed by atoms with Crippen LogP contribution in [-0.2, 0) is 29.0 Å². The van der Waals surface area contributed by atoms with Crippen LogP contribution in [0.2, 0.25) is 0 Å². The van der Waals surface area contributed by atoms with Crippen molar-refractivity contribution in [2.45, 2.75) is 58.2 Å². The number of rotatable bonds is 11. The second-order valence-electron chi connectivity index (χ2n) is 9.36. The van der Waals surface area contributed by atoms with E-state index in [0.717, 1.165) is 23.1 Å². The maximum atomic E-state index is 13.7. The van der Waals surface area contributed by atoms with Gasteiger partial charge in [0.05, 0.1) is 0 Å². The largest absolute Gasteiger partial charge is 0.454 e. The van der Waals surface area contributed by atoms with E-state index in [9.17, 15) is 14.0 Å². The molecule has 1 heterocycles. The van der Waals surface area contributed by atoms with Crippen LogP contribution in [0.4, 0.5) is 4.39 Å². The second kappa shape index (κ2) is 12.4. The van der Waals surface area contributed by atoms with Crippen molar-refractivity contribution in [2.75, 3.05) is 6.79 Å². The Balaban J connectivity index is 1.59. The number of nitrogens with one attached hydrogen (secondary N) is 1. The summed E-state index contributed by atoms with van der Waals surface area (Å²) in [4.78, 5) is 28.9. The van der Waals surface area contributed by atoms with E-state index in [4.69, 9.17) is 9.47 Å². The van der Waals surface area contributed by atoms with Gasteiger partial charge in [-0.2, -0.15) is 0 Å². The van der Waals surface area contributed by atoms with Crippen molar-refractivity contribution in [1.29, 1.82) is 0 Å². The van der Waals surface area contributed by atoms with Crippen LogP contribution in [0.5, 0.6) is 11.5 Å². The first-order valence-corrected chi connectivity index (χ1v) is 12.7. The van der Waals surface area contributed by atoms with Crippen LogP contribution in [0.15, 0.2) is 72.8 Å². The number of fused-ring (bicyclic) bond motifs is 1. The summed E-state index contributed by atoms with van der Waals surface area (Å²) < 4.78 is 24.4. The third-order valence-corrected chi connectivity index (χ3v) is 6.60. The highest BCUT2D eigenvalue weighted by Crippen LogP contribution is 2.33. The number of ether oxygens (including phenoxy) is 2. The summed E-state index contributed by atoms with van der Waals surface area (Å²) in [6.07, 6.45) is 1.85. The lowest BCUT2D eigenvalue weighted by atomic mass is 10.0. The average molecular weight is 505 g/mol. The Morgan fingerprint density at radius 3 is 2.38 bits per heavy atom. The molecule has 7 heteroatoms. The minimum atomic E-state index is -0.717. The summed E-state index contributed by atoms with van der Waals surface area (Å²) in [5.74, 6) is 0.666. The van der Waals surface area contributed by atoms with E-state index >= 15 is 0 Å². The third kappa shape index (κ3) is 7.09. The van der Waals surface area contributed by atoms with Gasteiger partial charge in [0.15, 0.2) is 11.5 Å². The molecule has 2 amide bonds. The summed E-state index contributed by atoms with van der Waals surface area (Å²) in [6, 6.07) is 20.6. The number of hydrogen-bond acceptors (Lipinski definition) is 4. The molecule has 0 unspecified atom stereocenters. The third-order valence-electron chi connectivity index (χ3n) is 6.60. The first kappa shape index (κ1) is 26.2. The molecule has 0 radical (unpaired) electrons. The Bertz CT molecular complexity index is 1200. The fourth-order valence-corrected chi connectivity index (χ4v) is 4.27. The van der Waals surface area contributed by atoms with Gasteiger partial charge in [-0.3, -0.25) is 9.59 Å². The summed E-state index contributed by atoms with van der Waals surface area (Å²) in [5.41, 5.74) is 2.66. The number of halogens is 1. The zero-order valence-corrected chi connectivity index (χ0v) is 21.3. The molecule has 1 aliphatic heterocycles. The summed E-state index contributed by atoms with van der Waals surface area (Å²) >= 11 is 0. The molecule has 194 valence electrons. The van der Waals surface area contributed by atoms with Crippen LogP contribution in [0.3, 0.4) is 0 Å². The number of carbonyl (C=O) groups excluding carboxylic acids is 2. The van der Waals surface area contributed by atoms with E-state index < -0.39 is 6.04 Å². The number of hydrogen-bond donors (Lipinski definition) is 1. The van der Waals surface area contributed by atoms with E-state index in [1.54, 1.807) is 17.0 Å². The van der Waals surface area contributed by atoms with Crippen LogP contribution >= 0.6 is 0 Å². The Morgan fingerprint density at radius 1 is 0.946 bits per heavy atom. The zero-order valence-electron chi connectivity index (χ0n) is 21.3. The predicted molar refractivity (Wildman–Crippen MR) is 140 cm³/mol. The Labute approximate surface area is 217 Å². The van der Waals surface area contributed by atoms with Crippen LogP contribution in [0.1, 0.15) is 43.4 Å². The molecule has 0 aromatic heterocycles. The van der Waals surface area contributed by atoms with Gasteiger partial charge in [-0.15, -0.1) is 0 Å². The van der Waals surface area contributed by atoms with E-state index in [2.05, 4.69) is 5.32 Å². The van der Waals surface area contributed by atoms with E-state index in [1.165, 1.54) is 12.1 Å². The Hall–Kier alpha value is -3.87. The van der Waals surface area contributed by atoms with Crippen molar-refractivity contribution in [1.82, 2.24) is 10.2 Å². The lowest BCUT2D eigenvalue weighted by molar-refractivity contribution is -0.141. The molecule has 4 rings (SSSR count). The highest BCUT2D eigenvalue weighted by atomic mass is 19.1. The van der Waals surface area contributed by atoms with Crippen molar-refractivity contribution >= 4 is 11.8 Å². The molecule has 2 atom stereocenters. The van der Waals surface area contributed by atoms with E-state index in [-0.39, 0.29) is 43.4 Å². The summed E-state index contributed by atoms with van der Waals surface area (Å²) in [7, 11) is 0. The second-order valence-corrected chi connectivity index (χ2v) is 9.36. The number of amides is 2. The van der Waals surface area contributed by atoms with Crippen molar-refractivity contribution in [2.24, 2.45) is 0 Å². The molecule has 3 aromatic carbocycles. The quantitative estimate of drug-likeness (QED) is 0.397. The number of carbonyl (C=O) groups is 2. The Morgan fingerprint density at radius 2 is 1.65 bits per heavy atom. The molecule has 0 aliphatic carbocycles. The van der Waals surface area contributed by atoms with E-state index in [0.29, 0.717) is 24.3 Å². The van der Waals surface area contributed by atoms with Crippen LogP contribution in [0.25, 0.3) is 0 Å². The summed E-state index contributed by atoms with van der Waals surface area (Å²) in [5, 5.41) is 3.06. The number of aryl methyl sites for hydroxylation is 1. The molecule has 0 fully saturated rings. The van der Waals surface area contributed by atoms with Gasteiger partial charge in [0, 0.05) is 25.4 Å². The number of benzene rings is 3. The fraction of sp³-hybridized carbons (Fsp3) is 0.333. The van der Waals surface area contributed by atoms with Gasteiger partial charge in [0.1, 0.15) is 11.9 Å². The normalized spacial score (nSPS) is 13.6. The highest BCUT2D eigenvalue weighted by Gasteiger charge is 2.31. The van der Waals surface area contributed by atoms with Crippen molar-refractivity contribution < 1.29 is 23.5 Å². The standard InChI is InChI=1S/C30H33FN2O4/c1-3-21(2)32-30(35)26(17-22-7-5-4-6-8-22)33(19-24-9-13-25(31)14-10-24)29(34)16-12-23-11-15-27-28(18-23)37-20-36-27/h4-11,13-15,18,21,26H,3,12,16-17,19-20H2,1-2H3,(H,32,35)/t21-,26+/m1/s1. The van der Waals surface area contributed by atoms with Crippen molar-refractivity contribution in [3.8, 4) is 11.5 Å². The molecule has 0 bridgehead atoms. The van der Waals surface area contributed by atoms with Gasteiger partial charge in [-0.1, -0.05) is 55.5 Å². The Kier molecular flexibility index (Phi) is 8.77. The molecule has 1 N–H and O–H groups in total. The van der Waals surface area contributed by atoms with Gasteiger partial charge < -0.3 is 19.7 Å². The smallest absolute Gasteiger partial charge is 0.243 e. The van der Waals surface area contributed by atoms with Crippen LogP contribution in [0, 0.1) is 5.82 Å². The molecule has 37 heavy (non-hydrogen) atoms. The van der Waals surface area contributed by atoms with Gasteiger partial charge >= 0.3 is 0 Å². The number of nitrogens with zero attached hydrogens (tertiary/aromatic N) is 1. The molecule has 0 saturated carbocycles. The molecular weight excluding hydrogens is 471 g/mol. The molecule has 1 aliphatic rings. The molecule has 0 saturated heterocycles. The van der Waals surface area contributed by atoms with Crippen molar-refractivity contribution in [3.05, 3.63) is 95.3 Å². The highest BCUT2D eigenvalue weighted by molar-refractivity contribution is 5.88. The van der Waals surface area contributed by atoms with Gasteiger partial charge in [0.25, 0.3) is 0 Å². The maximum Gasteiger partial charge on any atom is 0.243 e. The lowest BCUT2D eigenvalue weighted by Crippen LogP contribution is -2.52. The predicted octanol–water partition coefficient (Wildman–Crippen LogP) is 5.04. The van der Waals surface area contributed by atoms with Gasteiger partial charge in [0.2, 0.25) is 18.6 Å². The minimum Gasteiger partial charge on any atom is -0.454 e.